The van der Waals surface area contributed by atoms with E-state index in [0.29, 0.717) is 33.0 Å². The SMILES string of the molecule is CON1C(C)(C)CC(=NC(C)COCCOCC(C)OCC(C)N=C2CC(C)(C)N(OC)C(C)(C)C2)CC1(C)C. The standard InChI is InChI=1S/C31H60N4O5/c1-23(32-26-16-28(4,5)34(36-12)29(6,7)17-26)20-38-14-15-39-22-25(3)40-21-24(2)33-27-18-30(8,9)35(37-13)31(10,11)19-27/h23-25H,14-22H2,1-13H3. The summed E-state index contributed by atoms with van der Waals surface area (Å²) in [6.07, 6.45) is 3.56. The maximum atomic E-state index is 6.03. The summed E-state index contributed by atoms with van der Waals surface area (Å²) in [6, 6.07) is 0.210. The minimum absolute atomic E-state index is 0.000806. The molecular formula is C31H60N4O5. The minimum atomic E-state index is -0.0976. The molecule has 0 aromatic carbocycles. The second-order valence-corrected chi connectivity index (χ2v) is 14.3. The fourth-order valence-corrected chi connectivity index (χ4v) is 6.89. The number of piperidine rings is 2. The van der Waals surface area contributed by atoms with Gasteiger partial charge in [0.1, 0.15) is 0 Å². The van der Waals surface area contributed by atoms with Crippen LogP contribution in [0, 0.1) is 0 Å². The summed E-state index contributed by atoms with van der Waals surface area (Å²) in [6.45, 7) is 26.7. The first-order chi connectivity index (χ1) is 18.4. The number of nitrogens with zero attached hydrogens (tertiary/aromatic N) is 4. The Labute approximate surface area is 244 Å². The first-order valence-electron chi connectivity index (χ1n) is 15.0. The van der Waals surface area contributed by atoms with Crippen LogP contribution >= 0.6 is 0 Å². The molecule has 0 radical (unpaired) electrons. The Hall–Kier alpha value is -0.940. The fourth-order valence-electron chi connectivity index (χ4n) is 6.89. The first kappa shape index (κ1) is 35.3. The Kier molecular flexibility index (Phi) is 12.8. The molecule has 2 aliphatic rings. The molecule has 0 amide bonds. The number of aliphatic imine (C=N–C) groups is 2. The van der Waals surface area contributed by atoms with Crippen molar-refractivity contribution in [2.75, 3.05) is 47.3 Å². The van der Waals surface area contributed by atoms with Crippen molar-refractivity contribution >= 4 is 11.4 Å². The zero-order valence-electron chi connectivity index (χ0n) is 27.9. The molecule has 2 saturated heterocycles. The van der Waals surface area contributed by atoms with Crippen LogP contribution in [-0.2, 0) is 23.9 Å². The molecule has 0 aromatic heterocycles. The van der Waals surface area contributed by atoms with E-state index in [1.54, 1.807) is 14.2 Å². The van der Waals surface area contributed by atoms with Gasteiger partial charge in [-0.2, -0.15) is 10.1 Å². The van der Waals surface area contributed by atoms with Crippen molar-refractivity contribution in [1.82, 2.24) is 10.1 Å². The molecule has 3 unspecified atom stereocenters. The molecule has 234 valence electrons. The van der Waals surface area contributed by atoms with Gasteiger partial charge in [0.05, 0.1) is 65.4 Å². The number of hydrogen-bond donors (Lipinski definition) is 0. The summed E-state index contributed by atoms with van der Waals surface area (Å²) in [5.41, 5.74) is 2.08. The van der Waals surface area contributed by atoms with Crippen molar-refractivity contribution in [3.8, 4) is 0 Å². The highest BCUT2D eigenvalue weighted by Gasteiger charge is 2.45. The van der Waals surface area contributed by atoms with E-state index in [-0.39, 0.29) is 40.3 Å². The average Bonchev–Trinajstić information content (AvgIpc) is 2.77. The van der Waals surface area contributed by atoms with E-state index >= 15 is 0 Å². The normalized spacial score (nSPS) is 24.9. The van der Waals surface area contributed by atoms with E-state index in [9.17, 15) is 0 Å². The molecular weight excluding hydrogens is 508 g/mol. The molecule has 0 aliphatic carbocycles. The van der Waals surface area contributed by atoms with Crippen LogP contribution in [0.5, 0.6) is 0 Å². The van der Waals surface area contributed by atoms with Crippen molar-refractivity contribution in [2.45, 2.75) is 142 Å². The molecule has 0 N–H and O–H groups in total. The van der Waals surface area contributed by atoms with E-state index in [4.69, 9.17) is 33.9 Å². The third-order valence-corrected chi connectivity index (χ3v) is 7.62. The van der Waals surface area contributed by atoms with Crippen molar-refractivity contribution < 1.29 is 23.9 Å². The summed E-state index contributed by atoms with van der Waals surface area (Å²) in [4.78, 5) is 21.4. The third kappa shape index (κ3) is 10.1. The van der Waals surface area contributed by atoms with E-state index in [2.05, 4.69) is 79.4 Å². The van der Waals surface area contributed by atoms with Gasteiger partial charge in [-0.1, -0.05) is 0 Å². The Morgan fingerprint density at radius 2 is 0.950 bits per heavy atom. The molecule has 40 heavy (non-hydrogen) atoms. The van der Waals surface area contributed by atoms with Gasteiger partial charge in [-0.3, -0.25) is 9.98 Å². The Morgan fingerprint density at radius 3 is 1.32 bits per heavy atom. The summed E-state index contributed by atoms with van der Waals surface area (Å²) in [7, 11) is 3.51. The van der Waals surface area contributed by atoms with Crippen LogP contribution < -0.4 is 0 Å². The molecule has 3 atom stereocenters. The van der Waals surface area contributed by atoms with Crippen molar-refractivity contribution in [2.24, 2.45) is 9.98 Å². The van der Waals surface area contributed by atoms with E-state index in [1.165, 1.54) is 11.4 Å². The smallest absolute Gasteiger partial charge is 0.0781 e. The Morgan fingerprint density at radius 1 is 0.600 bits per heavy atom. The van der Waals surface area contributed by atoms with Crippen molar-refractivity contribution in [3.63, 3.8) is 0 Å². The van der Waals surface area contributed by atoms with Crippen LogP contribution in [0.3, 0.4) is 0 Å². The molecule has 0 aromatic rings. The number of rotatable bonds is 14. The van der Waals surface area contributed by atoms with Gasteiger partial charge >= 0.3 is 0 Å². The zero-order valence-corrected chi connectivity index (χ0v) is 27.9. The predicted molar refractivity (Wildman–Crippen MR) is 163 cm³/mol. The molecule has 0 bridgehead atoms. The predicted octanol–water partition coefficient (Wildman–Crippen LogP) is 5.51. The van der Waals surface area contributed by atoms with Crippen LogP contribution in [0.15, 0.2) is 9.98 Å². The van der Waals surface area contributed by atoms with Gasteiger partial charge in [0.25, 0.3) is 0 Å². The highest BCUT2D eigenvalue weighted by molar-refractivity contribution is 5.88. The number of hydroxylamine groups is 4. The lowest BCUT2D eigenvalue weighted by atomic mass is 9.80. The van der Waals surface area contributed by atoms with Crippen LogP contribution in [-0.4, -0.2) is 109 Å². The third-order valence-electron chi connectivity index (χ3n) is 7.62. The largest absolute Gasteiger partial charge is 0.377 e. The number of ether oxygens (including phenoxy) is 3. The second-order valence-electron chi connectivity index (χ2n) is 14.3. The maximum Gasteiger partial charge on any atom is 0.0781 e. The topological polar surface area (TPSA) is 77.4 Å². The molecule has 0 saturated carbocycles. The summed E-state index contributed by atoms with van der Waals surface area (Å²) in [5, 5.41) is 4.20. The van der Waals surface area contributed by atoms with Gasteiger partial charge in [-0.05, 0) is 76.2 Å². The van der Waals surface area contributed by atoms with Gasteiger partial charge in [0.2, 0.25) is 0 Å². The van der Waals surface area contributed by atoms with Gasteiger partial charge in [-0.15, -0.1) is 0 Å². The van der Waals surface area contributed by atoms with Crippen LogP contribution in [0.4, 0.5) is 0 Å². The monoisotopic (exact) mass is 568 g/mol. The van der Waals surface area contributed by atoms with Gasteiger partial charge < -0.3 is 23.9 Å². The molecule has 9 nitrogen and oxygen atoms in total. The average molecular weight is 569 g/mol. The summed E-state index contributed by atoms with van der Waals surface area (Å²) >= 11 is 0. The number of hydrogen-bond acceptors (Lipinski definition) is 9. The summed E-state index contributed by atoms with van der Waals surface area (Å²) < 4.78 is 17.7. The quantitative estimate of drug-likeness (QED) is 0.256. The van der Waals surface area contributed by atoms with Gasteiger partial charge in [0.15, 0.2) is 0 Å². The molecule has 0 spiro atoms. The molecule has 2 rings (SSSR count). The highest BCUT2D eigenvalue weighted by Crippen LogP contribution is 2.38. The lowest BCUT2D eigenvalue weighted by Crippen LogP contribution is -2.60. The summed E-state index contributed by atoms with van der Waals surface area (Å²) in [5.74, 6) is 0. The lowest BCUT2D eigenvalue weighted by Gasteiger charge is -2.51. The fraction of sp³-hybridized carbons (Fsp3) is 0.935. The van der Waals surface area contributed by atoms with E-state index in [0.717, 1.165) is 25.7 Å². The van der Waals surface area contributed by atoms with Gasteiger partial charge in [-0.25, -0.2) is 0 Å². The molecule has 9 heteroatoms. The van der Waals surface area contributed by atoms with Crippen molar-refractivity contribution in [1.29, 1.82) is 0 Å². The lowest BCUT2D eigenvalue weighted by molar-refractivity contribution is -0.250. The van der Waals surface area contributed by atoms with Gasteiger partial charge in [0, 0.05) is 59.3 Å². The highest BCUT2D eigenvalue weighted by atomic mass is 16.7. The molecule has 2 fully saturated rings. The first-order valence-corrected chi connectivity index (χ1v) is 15.0. The van der Waals surface area contributed by atoms with E-state index in [1.807, 2.05) is 6.92 Å². The van der Waals surface area contributed by atoms with Crippen LogP contribution in [0.25, 0.3) is 0 Å². The molecule has 2 heterocycles. The molecule has 2 aliphatic heterocycles. The zero-order chi connectivity index (χ0) is 30.4. The second kappa shape index (κ2) is 14.5. The van der Waals surface area contributed by atoms with Crippen molar-refractivity contribution in [3.05, 3.63) is 0 Å². The van der Waals surface area contributed by atoms with E-state index < -0.39 is 0 Å². The minimum Gasteiger partial charge on any atom is -0.377 e. The van der Waals surface area contributed by atoms with Crippen LogP contribution in [0.1, 0.15) is 102 Å². The Bertz CT molecular complexity index is 815. The van der Waals surface area contributed by atoms with Crippen LogP contribution in [0.2, 0.25) is 0 Å². The Balaban J connectivity index is 1.66. The maximum absolute atomic E-state index is 6.03.